The van der Waals surface area contributed by atoms with Gasteiger partial charge in [-0.2, -0.15) is 5.26 Å². The minimum atomic E-state index is 0.267. The van der Waals surface area contributed by atoms with E-state index in [2.05, 4.69) is 32.2 Å². The molecule has 3 heteroatoms. The second-order valence-corrected chi connectivity index (χ2v) is 7.52. The number of rotatable bonds is 3. The van der Waals surface area contributed by atoms with E-state index in [9.17, 15) is 5.26 Å². The van der Waals surface area contributed by atoms with E-state index in [0.717, 1.165) is 17.4 Å². The van der Waals surface area contributed by atoms with Crippen molar-refractivity contribution >= 4 is 5.69 Å². The Morgan fingerprint density at radius 2 is 2.10 bits per heavy atom. The zero-order chi connectivity index (χ0) is 15.3. The van der Waals surface area contributed by atoms with Crippen LogP contribution in [0.25, 0.3) is 0 Å². The number of nitrogens with one attached hydrogen (secondary N) is 1. The lowest BCUT2D eigenvalue weighted by atomic mass is 9.68. The van der Waals surface area contributed by atoms with Gasteiger partial charge < -0.3 is 10.1 Å². The van der Waals surface area contributed by atoms with Crippen LogP contribution in [0, 0.1) is 28.1 Å². The van der Waals surface area contributed by atoms with Gasteiger partial charge in [-0.1, -0.05) is 20.8 Å². The lowest BCUT2D eigenvalue weighted by Crippen LogP contribution is -2.45. The molecule has 112 valence electrons. The molecular weight excluding hydrogens is 260 g/mol. The molecule has 0 aromatic heterocycles. The smallest absolute Gasteiger partial charge is 0.121 e. The summed E-state index contributed by atoms with van der Waals surface area (Å²) in [5, 5.41) is 13.0. The zero-order valence-electron chi connectivity index (χ0n) is 13.4. The first-order valence-corrected chi connectivity index (χ1v) is 7.75. The van der Waals surface area contributed by atoms with Gasteiger partial charge in [-0.3, -0.25) is 0 Å². The first-order chi connectivity index (χ1) is 9.90. The van der Waals surface area contributed by atoms with Crippen LogP contribution in [0.2, 0.25) is 0 Å². The maximum absolute atomic E-state index is 9.35. The van der Waals surface area contributed by atoms with Gasteiger partial charge in [0, 0.05) is 12.1 Å². The standard InChI is InChI=1S/C18H24N2O/c1-17(2)13-7-8-18(3,10-13)16(17)20-15-9-14(21-4)6-5-12(15)11-19/h5-6,9,13,16,20H,7-8,10H2,1-4H3. The third kappa shape index (κ3) is 2.09. The highest BCUT2D eigenvalue weighted by Gasteiger charge is 2.59. The van der Waals surface area contributed by atoms with Crippen molar-refractivity contribution in [3.63, 3.8) is 0 Å². The molecule has 0 saturated heterocycles. The molecule has 2 bridgehead atoms. The van der Waals surface area contributed by atoms with E-state index in [1.54, 1.807) is 7.11 Å². The summed E-state index contributed by atoms with van der Waals surface area (Å²) in [5.74, 6) is 1.58. The van der Waals surface area contributed by atoms with E-state index in [0.29, 0.717) is 17.0 Å². The Morgan fingerprint density at radius 3 is 2.67 bits per heavy atom. The Hall–Kier alpha value is -1.69. The number of hydrogen-bond donors (Lipinski definition) is 1. The van der Waals surface area contributed by atoms with Crippen LogP contribution in [0.3, 0.4) is 0 Å². The number of anilines is 1. The molecule has 2 aliphatic rings. The highest BCUT2D eigenvalue weighted by atomic mass is 16.5. The van der Waals surface area contributed by atoms with Crippen LogP contribution in [-0.2, 0) is 0 Å². The number of ether oxygens (including phenoxy) is 1. The van der Waals surface area contributed by atoms with Crippen molar-refractivity contribution in [1.29, 1.82) is 5.26 Å². The van der Waals surface area contributed by atoms with Crippen molar-refractivity contribution in [1.82, 2.24) is 0 Å². The zero-order valence-corrected chi connectivity index (χ0v) is 13.4. The Labute approximate surface area is 127 Å². The number of methoxy groups -OCH3 is 1. The van der Waals surface area contributed by atoms with E-state index in [1.807, 2.05) is 18.2 Å². The van der Waals surface area contributed by atoms with Crippen LogP contribution >= 0.6 is 0 Å². The fraction of sp³-hybridized carbons (Fsp3) is 0.611. The summed E-state index contributed by atoms with van der Waals surface area (Å²) >= 11 is 0. The van der Waals surface area contributed by atoms with Crippen LogP contribution < -0.4 is 10.1 Å². The average Bonchev–Trinajstić information content (AvgIpc) is 2.94. The molecule has 3 nitrogen and oxygen atoms in total. The molecule has 0 aliphatic heterocycles. The Balaban J connectivity index is 1.95. The van der Waals surface area contributed by atoms with Crippen molar-refractivity contribution < 1.29 is 4.74 Å². The summed E-state index contributed by atoms with van der Waals surface area (Å²) in [6.07, 6.45) is 3.92. The van der Waals surface area contributed by atoms with Crippen LogP contribution in [0.1, 0.15) is 45.6 Å². The van der Waals surface area contributed by atoms with Crippen LogP contribution in [0.5, 0.6) is 5.75 Å². The van der Waals surface area contributed by atoms with E-state index in [4.69, 9.17) is 4.74 Å². The van der Waals surface area contributed by atoms with Gasteiger partial charge in [0.2, 0.25) is 0 Å². The average molecular weight is 284 g/mol. The highest BCUT2D eigenvalue weighted by Crippen LogP contribution is 2.63. The largest absolute Gasteiger partial charge is 0.497 e. The number of nitriles is 1. The summed E-state index contributed by atoms with van der Waals surface area (Å²) in [6.45, 7) is 7.13. The van der Waals surface area contributed by atoms with Crippen LogP contribution in [0.4, 0.5) is 5.69 Å². The van der Waals surface area contributed by atoms with Crippen molar-refractivity contribution in [2.24, 2.45) is 16.7 Å². The predicted molar refractivity (Wildman–Crippen MR) is 84.3 cm³/mol. The van der Waals surface area contributed by atoms with Gasteiger partial charge in [-0.05, 0) is 48.1 Å². The third-order valence-corrected chi connectivity index (χ3v) is 5.92. The summed E-state index contributed by atoms with van der Waals surface area (Å²) in [6, 6.07) is 8.32. The summed E-state index contributed by atoms with van der Waals surface area (Å²) in [4.78, 5) is 0. The molecule has 0 spiro atoms. The van der Waals surface area contributed by atoms with Gasteiger partial charge in [-0.15, -0.1) is 0 Å². The van der Waals surface area contributed by atoms with Gasteiger partial charge in [0.25, 0.3) is 0 Å². The second-order valence-electron chi connectivity index (χ2n) is 7.52. The lowest BCUT2D eigenvalue weighted by molar-refractivity contribution is 0.155. The molecule has 0 radical (unpaired) electrons. The molecule has 3 unspecified atom stereocenters. The minimum Gasteiger partial charge on any atom is -0.497 e. The Morgan fingerprint density at radius 1 is 1.33 bits per heavy atom. The van der Waals surface area contributed by atoms with Crippen molar-refractivity contribution in [2.45, 2.75) is 46.1 Å². The monoisotopic (exact) mass is 284 g/mol. The van der Waals surface area contributed by atoms with Crippen LogP contribution in [-0.4, -0.2) is 13.2 Å². The van der Waals surface area contributed by atoms with E-state index in [-0.39, 0.29) is 5.41 Å². The molecule has 1 aromatic rings. The number of hydrogen-bond acceptors (Lipinski definition) is 3. The third-order valence-electron chi connectivity index (χ3n) is 5.92. The predicted octanol–water partition coefficient (Wildman–Crippen LogP) is 4.19. The topological polar surface area (TPSA) is 45.0 Å². The molecule has 0 amide bonds. The van der Waals surface area contributed by atoms with E-state index < -0.39 is 0 Å². The fourth-order valence-electron chi connectivity index (χ4n) is 4.69. The minimum absolute atomic E-state index is 0.267. The van der Waals surface area contributed by atoms with Crippen LogP contribution in [0.15, 0.2) is 18.2 Å². The molecular formula is C18H24N2O. The highest BCUT2D eigenvalue weighted by molar-refractivity contribution is 5.61. The number of benzene rings is 1. The maximum atomic E-state index is 9.35. The number of nitrogens with zero attached hydrogens (tertiary/aromatic N) is 1. The fourth-order valence-corrected chi connectivity index (χ4v) is 4.69. The van der Waals surface area contributed by atoms with Crippen molar-refractivity contribution in [3.05, 3.63) is 23.8 Å². The molecule has 3 rings (SSSR count). The van der Waals surface area contributed by atoms with Gasteiger partial charge >= 0.3 is 0 Å². The summed E-state index contributed by atoms with van der Waals surface area (Å²) < 4.78 is 5.31. The summed E-state index contributed by atoms with van der Waals surface area (Å²) in [5.41, 5.74) is 2.20. The first-order valence-electron chi connectivity index (χ1n) is 7.75. The molecule has 1 N–H and O–H groups in total. The Kier molecular flexibility index (Phi) is 3.16. The summed E-state index contributed by atoms with van der Waals surface area (Å²) in [7, 11) is 1.66. The van der Waals surface area contributed by atoms with Crippen molar-refractivity contribution in [2.75, 3.05) is 12.4 Å². The molecule has 0 heterocycles. The molecule has 2 saturated carbocycles. The van der Waals surface area contributed by atoms with Gasteiger partial charge in [0.1, 0.15) is 11.8 Å². The SMILES string of the molecule is COc1ccc(C#N)c(NC2C3(C)CCC(C3)C2(C)C)c1. The lowest BCUT2D eigenvalue weighted by Gasteiger charge is -2.43. The first kappa shape index (κ1) is 14.3. The maximum Gasteiger partial charge on any atom is 0.121 e. The second kappa shape index (κ2) is 4.66. The molecule has 2 aliphatic carbocycles. The number of fused-ring (bicyclic) bond motifs is 2. The van der Waals surface area contributed by atoms with E-state index in [1.165, 1.54) is 19.3 Å². The molecule has 2 fully saturated rings. The normalized spacial score (nSPS) is 32.7. The van der Waals surface area contributed by atoms with E-state index >= 15 is 0 Å². The molecule has 21 heavy (non-hydrogen) atoms. The van der Waals surface area contributed by atoms with Gasteiger partial charge in [0.05, 0.1) is 18.4 Å². The quantitative estimate of drug-likeness (QED) is 0.905. The Bertz CT molecular complexity index is 597. The van der Waals surface area contributed by atoms with Crippen molar-refractivity contribution in [3.8, 4) is 11.8 Å². The molecule has 1 aromatic carbocycles. The molecule has 3 atom stereocenters. The van der Waals surface area contributed by atoms with Gasteiger partial charge in [-0.25, -0.2) is 0 Å². The van der Waals surface area contributed by atoms with Gasteiger partial charge in [0.15, 0.2) is 0 Å².